The van der Waals surface area contributed by atoms with E-state index in [9.17, 15) is 4.39 Å². The fourth-order valence-corrected chi connectivity index (χ4v) is 8.26. The van der Waals surface area contributed by atoms with Crippen molar-refractivity contribution in [2.75, 3.05) is 6.61 Å². The quantitative estimate of drug-likeness (QED) is 0.334. The van der Waals surface area contributed by atoms with Gasteiger partial charge in [0.2, 0.25) is 0 Å². The summed E-state index contributed by atoms with van der Waals surface area (Å²) in [6, 6.07) is 0. The van der Waals surface area contributed by atoms with E-state index < -0.39 is 18.5 Å². The van der Waals surface area contributed by atoms with Crippen LogP contribution in [0.5, 0.6) is 0 Å². The van der Waals surface area contributed by atoms with Crippen LogP contribution < -0.4 is 0 Å². The molecule has 0 aliphatic heterocycles. The molecule has 0 aromatic carbocycles. The average molecular weight is 485 g/mol. The third-order valence-electron chi connectivity index (χ3n) is 10.6. The molecule has 0 spiro atoms. The van der Waals surface area contributed by atoms with Gasteiger partial charge in [-0.05, 0) is 112 Å². The van der Waals surface area contributed by atoms with Crippen molar-refractivity contribution in [3.8, 4) is 0 Å². The van der Waals surface area contributed by atoms with E-state index in [1.165, 1.54) is 19.3 Å². The Kier molecular flexibility index (Phi) is 10.1. The molecule has 4 aliphatic rings. The van der Waals surface area contributed by atoms with Crippen LogP contribution in [0.1, 0.15) is 117 Å². The van der Waals surface area contributed by atoms with Crippen LogP contribution >= 0.6 is 0 Å². The van der Waals surface area contributed by atoms with Crippen molar-refractivity contribution in [1.29, 1.82) is 0 Å². The van der Waals surface area contributed by atoms with Crippen molar-refractivity contribution in [1.82, 2.24) is 0 Å². The van der Waals surface area contributed by atoms with Gasteiger partial charge in [-0.1, -0.05) is 46.0 Å². The second kappa shape index (κ2) is 12.8. The van der Waals surface area contributed by atoms with Gasteiger partial charge in [0.05, 0.1) is 6.10 Å². The van der Waals surface area contributed by atoms with Crippen molar-refractivity contribution >= 4 is 0 Å². The molecule has 0 N–H and O–H groups in total. The van der Waals surface area contributed by atoms with Crippen molar-refractivity contribution in [3.05, 3.63) is 0 Å². The van der Waals surface area contributed by atoms with Gasteiger partial charge in [-0.15, -0.1) is 0 Å². The Hall–Kier alpha value is -0.250. The van der Waals surface area contributed by atoms with Crippen LogP contribution in [-0.2, 0) is 4.74 Å². The van der Waals surface area contributed by atoms with Crippen molar-refractivity contribution in [2.24, 2.45) is 41.4 Å². The van der Waals surface area contributed by atoms with Crippen LogP contribution in [0.15, 0.2) is 0 Å². The van der Waals surface area contributed by atoms with E-state index in [1.807, 2.05) is 0 Å². The van der Waals surface area contributed by atoms with Gasteiger partial charge in [0, 0.05) is 6.61 Å². The summed E-state index contributed by atoms with van der Waals surface area (Å²) in [5.74, 6) is 2.38. The second-order valence-electron chi connectivity index (χ2n) is 12.6. The van der Waals surface area contributed by atoms with Crippen LogP contribution in [0.3, 0.4) is 0 Å². The highest BCUT2D eigenvalue weighted by molar-refractivity contribution is 4.95. The first-order valence-corrected chi connectivity index (χ1v) is 15.0. The maximum absolute atomic E-state index is 15.4. The lowest BCUT2D eigenvalue weighted by molar-refractivity contribution is -0.0622. The maximum atomic E-state index is 15.4. The normalized spacial score (nSPS) is 46.3. The summed E-state index contributed by atoms with van der Waals surface area (Å²) < 4.78 is 51.3. The minimum atomic E-state index is -1.27. The molecule has 0 bridgehead atoms. The highest BCUT2D eigenvalue weighted by Crippen LogP contribution is 2.48. The number of hydrogen-bond donors (Lipinski definition) is 0. The van der Waals surface area contributed by atoms with Crippen molar-refractivity contribution in [3.63, 3.8) is 0 Å². The van der Waals surface area contributed by atoms with Crippen LogP contribution in [0.25, 0.3) is 0 Å². The molecule has 0 aromatic heterocycles. The van der Waals surface area contributed by atoms with Gasteiger partial charge in [-0.2, -0.15) is 0 Å². The van der Waals surface area contributed by atoms with E-state index in [4.69, 9.17) is 4.74 Å². The largest absolute Gasteiger partial charge is 0.375 e. The summed E-state index contributed by atoms with van der Waals surface area (Å²) >= 11 is 0. The van der Waals surface area contributed by atoms with E-state index in [2.05, 4.69) is 13.8 Å². The first kappa shape index (κ1) is 26.8. The van der Waals surface area contributed by atoms with Crippen molar-refractivity contribution in [2.45, 2.75) is 141 Å². The summed E-state index contributed by atoms with van der Waals surface area (Å²) in [7, 11) is 0. The molecule has 4 heteroatoms. The van der Waals surface area contributed by atoms with Gasteiger partial charge >= 0.3 is 0 Å². The fraction of sp³-hybridized carbons (Fsp3) is 1.00. The predicted molar refractivity (Wildman–Crippen MR) is 134 cm³/mol. The lowest BCUT2D eigenvalue weighted by Gasteiger charge is -2.44. The molecule has 0 aromatic rings. The molecule has 0 heterocycles. The lowest BCUT2D eigenvalue weighted by atomic mass is 9.63. The number of hydrogen-bond acceptors (Lipinski definition) is 1. The number of alkyl halides is 3. The Bertz CT molecular complexity index is 584. The van der Waals surface area contributed by atoms with E-state index in [0.717, 1.165) is 83.0 Å². The Morgan fingerprint density at radius 2 is 1.15 bits per heavy atom. The summed E-state index contributed by atoms with van der Waals surface area (Å²) in [5.41, 5.74) is 0. The Morgan fingerprint density at radius 1 is 0.618 bits per heavy atom. The fourth-order valence-electron chi connectivity index (χ4n) is 8.26. The van der Waals surface area contributed by atoms with Gasteiger partial charge in [0.1, 0.15) is 18.5 Å². The number of rotatable bonds is 8. The second-order valence-corrected chi connectivity index (χ2v) is 12.6. The van der Waals surface area contributed by atoms with Gasteiger partial charge in [0.15, 0.2) is 0 Å². The van der Waals surface area contributed by atoms with E-state index >= 15 is 8.78 Å². The zero-order valence-corrected chi connectivity index (χ0v) is 21.9. The third kappa shape index (κ3) is 6.54. The molecule has 198 valence electrons. The lowest BCUT2D eigenvalue weighted by Crippen LogP contribution is -2.45. The monoisotopic (exact) mass is 484 g/mol. The molecule has 4 fully saturated rings. The molecular weight excluding hydrogens is 433 g/mol. The molecule has 34 heavy (non-hydrogen) atoms. The highest BCUT2D eigenvalue weighted by atomic mass is 19.2. The molecular formula is C30H51F3O. The molecule has 4 saturated carbocycles. The Balaban J connectivity index is 1.17. The van der Waals surface area contributed by atoms with E-state index in [1.54, 1.807) is 0 Å². The van der Waals surface area contributed by atoms with Gasteiger partial charge in [-0.25, -0.2) is 13.2 Å². The van der Waals surface area contributed by atoms with Gasteiger partial charge < -0.3 is 4.74 Å². The molecule has 4 aliphatic carbocycles. The molecule has 0 saturated heterocycles. The third-order valence-corrected chi connectivity index (χ3v) is 10.6. The topological polar surface area (TPSA) is 9.23 Å². The van der Waals surface area contributed by atoms with Crippen LogP contribution in [0, 0.1) is 41.4 Å². The SMILES string of the molecule is CCC[C@H]1CCC(OCC2CCC([C@H]3CC[C@@H](C4CCC(CC)CC4)C(F)[C@H]3F)CC2)C(F)C1. The zero-order valence-electron chi connectivity index (χ0n) is 21.9. The van der Waals surface area contributed by atoms with Crippen LogP contribution in [-0.4, -0.2) is 31.2 Å². The van der Waals surface area contributed by atoms with E-state index in [0.29, 0.717) is 36.7 Å². The summed E-state index contributed by atoms with van der Waals surface area (Å²) in [5, 5.41) is 0. The predicted octanol–water partition coefficient (Wildman–Crippen LogP) is 9.04. The molecule has 0 radical (unpaired) electrons. The molecule has 0 amide bonds. The summed E-state index contributed by atoms with van der Waals surface area (Å²) in [6.07, 6.45) is 12.9. The number of halogens is 3. The minimum Gasteiger partial charge on any atom is -0.375 e. The number of ether oxygens (including phenoxy) is 1. The molecule has 3 unspecified atom stereocenters. The smallest absolute Gasteiger partial charge is 0.134 e. The maximum Gasteiger partial charge on any atom is 0.134 e. The Labute approximate surface area is 207 Å². The summed E-state index contributed by atoms with van der Waals surface area (Å²) in [6.45, 7) is 5.08. The first-order chi connectivity index (χ1) is 16.5. The standard InChI is InChI=1S/C30H51F3O/c1-3-5-21-10-17-28(27(31)18-21)34-19-22-8-13-24(14-9-22)26-16-15-25(29(32)30(26)33)23-11-6-20(4-2)7-12-23/h20-30H,3-19H2,1-2H3/t20?,21-,22?,23?,24?,25-,26+,27?,28?,29?,30-/m0/s1. The van der Waals surface area contributed by atoms with Crippen LogP contribution in [0.4, 0.5) is 13.2 Å². The zero-order chi connectivity index (χ0) is 24.1. The van der Waals surface area contributed by atoms with Gasteiger partial charge in [0.25, 0.3) is 0 Å². The van der Waals surface area contributed by atoms with Crippen LogP contribution in [0.2, 0.25) is 0 Å². The highest BCUT2D eigenvalue weighted by Gasteiger charge is 2.46. The molecule has 4 rings (SSSR count). The first-order valence-electron chi connectivity index (χ1n) is 15.0. The molecule has 1 nitrogen and oxygen atoms in total. The average Bonchev–Trinajstić information content (AvgIpc) is 2.86. The Morgan fingerprint density at radius 3 is 1.65 bits per heavy atom. The molecule has 7 atom stereocenters. The minimum absolute atomic E-state index is 0.0464. The van der Waals surface area contributed by atoms with Crippen molar-refractivity contribution < 1.29 is 17.9 Å². The van der Waals surface area contributed by atoms with E-state index in [-0.39, 0.29) is 17.9 Å². The summed E-state index contributed by atoms with van der Waals surface area (Å²) in [4.78, 5) is 0. The van der Waals surface area contributed by atoms with Gasteiger partial charge in [-0.3, -0.25) is 0 Å².